The number of methoxy groups -OCH3 is 1. The first-order chi connectivity index (χ1) is 7.20. The van der Waals surface area contributed by atoms with E-state index in [1.165, 1.54) is 5.57 Å². The summed E-state index contributed by atoms with van der Waals surface area (Å²) in [5.41, 5.74) is 2.43. The van der Waals surface area contributed by atoms with Crippen molar-refractivity contribution in [1.82, 2.24) is 0 Å². The predicted molar refractivity (Wildman–Crippen MR) is 64.9 cm³/mol. The molecular weight excluding hydrogens is 231 g/mol. The van der Waals surface area contributed by atoms with Gasteiger partial charge in [-0.05, 0) is 36.1 Å². The summed E-state index contributed by atoms with van der Waals surface area (Å²) in [6, 6.07) is 5.83. The third-order valence-corrected chi connectivity index (χ3v) is 3.25. The van der Waals surface area contributed by atoms with Crippen molar-refractivity contribution < 1.29 is 4.74 Å². The molecule has 0 radical (unpaired) electrons. The highest BCUT2D eigenvalue weighted by molar-refractivity contribution is 6.32. The van der Waals surface area contributed by atoms with Crippen LogP contribution in [0.5, 0.6) is 5.75 Å². The number of hydrogen-bond donors (Lipinski definition) is 0. The highest BCUT2D eigenvalue weighted by Crippen LogP contribution is 2.34. The van der Waals surface area contributed by atoms with Gasteiger partial charge in [-0.1, -0.05) is 23.7 Å². The van der Waals surface area contributed by atoms with E-state index in [9.17, 15) is 0 Å². The van der Waals surface area contributed by atoms with Crippen LogP contribution in [0.3, 0.4) is 0 Å². The zero-order valence-corrected chi connectivity index (χ0v) is 9.98. The molecule has 0 spiro atoms. The lowest BCUT2D eigenvalue weighted by Crippen LogP contribution is -1.87. The Morgan fingerprint density at radius 1 is 1.40 bits per heavy atom. The number of halogens is 2. The molecule has 0 heterocycles. The van der Waals surface area contributed by atoms with Gasteiger partial charge in [0.1, 0.15) is 5.75 Å². The molecule has 1 aliphatic carbocycles. The number of ether oxygens (including phenoxy) is 1. The molecule has 1 aromatic rings. The van der Waals surface area contributed by atoms with Gasteiger partial charge < -0.3 is 4.74 Å². The van der Waals surface area contributed by atoms with Gasteiger partial charge in [-0.25, -0.2) is 0 Å². The molecule has 1 unspecified atom stereocenters. The Morgan fingerprint density at radius 2 is 2.20 bits per heavy atom. The highest BCUT2D eigenvalue weighted by Gasteiger charge is 2.15. The highest BCUT2D eigenvalue weighted by atomic mass is 35.5. The predicted octanol–water partition coefficient (Wildman–Crippen LogP) is 4.13. The number of benzene rings is 1. The smallest absolute Gasteiger partial charge is 0.138 e. The van der Waals surface area contributed by atoms with E-state index in [4.69, 9.17) is 27.9 Å². The second-order valence-corrected chi connectivity index (χ2v) is 4.56. The van der Waals surface area contributed by atoms with Crippen LogP contribution in [0.1, 0.15) is 18.4 Å². The minimum absolute atomic E-state index is 0.168. The Hall–Kier alpha value is -0.660. The summed E-state index contributed by atoms with van der Waals surface area (Å²) >= 11 is 12.0. The summed E-state index contributed by atoms with van der Waals surface area (Å²) in [4.78, 5) is 0. The molecule has 0 saturated carbocycles. The lowest BCUT2D eigenvalue weighted by molar-refractivity contribution is 0.415. The molecule has 2 rings (SSSR count). The maximum atomic E-state index is 6.03. The van der Waals surface area contributed by atoms with Gasteiger partial charge in [-0.15, -0.1) is 11.6 Å². The SMILES string of the molecule is COc1cc(C2=CC(Cl)CC2)ccc1Cl. The van der Waals surface area contributed by atoms with Gasteiger partial charge in [-0.3, -0.25) is 0 Å². The molecule has 0 N–H and O–H groups in total. The maximum absolute atomic E-state index is 6.03. The average Bonchev–Trinajstić information content (AvgIpc) is 2.66. The molecule has 0 aromatic heterocycles. The number of alkyl halides is 1. The summed E-state index contributed by atoms with van der Waals surface area (Å²) in [7, 11) is 1.62. The fraction of sp³-hybridized carbons (Fsp3) is 0.333. The van der Waals surface area contributed by atoms with Crippen LogP contribution < -0.4 is 4.74 Å². The molecule has 1 nitrogen and oxygen atoms in total. The van der Waals surface area contributed by atoms with E-state index in [0.29, 0.717) is 10.8 Å². The second-order valence-electron chi connectivity index (χ2n) is 3.60. The van der Waals surface area contributed by atoms with Crippen molar-refractivity contribution in [2.75, 3.05) is 7.11 Å². The molecule has 0 amide bonds. The molecule has 1 aromatic carbocycles. The molecule has 0 saturated heterocycles. The summed E-state index contributed by atoms with van der Waals surface area (Å²) in [5.74, 6) is 0.716. The topological polar surface area (TPSA) is 9.23 Å². The van der Waals surface area contributed by atoms with Crippen LogP contribution in [0.2, 0.25) is 5.02 Å². The van der Waals surface area contributed by atoms with Crippen LogP contribution in [-0.4, -0.2) is 12.5 Å². The van der Waals surface area contributed by atoms with Gasteiger partial charge in [0.05, 0.1) is 17.5 Å². The summed E-state index contributed by atoms with van der Waals surface area (Å²) in [6.45, 7) is 0. The normalized spacial score (nSPS) is 20.2. The first-order valence-corrected chi connectivity index (χ1v) is 5.71. The van der Waals surface area contributed by atoms with E-state index in [2.05, 4.69) is 6.08 Å². The molecule has 0 bridgehead atoms. The van der Waals surface area contributed by atoms with Crippen LogP contribution in [-0.2, 0) is 0 Å². The van der Waals surface area contributed by atoms with E-state index in [-0.39, 0.29) is 5.38 Å². The fourth-order valence-corrected chi connectivity index (χ4v) is 2.23. The van der Waals surface area contributed by atoms with Gasteiger partial charge in [0, 0.05) is 0 Å². The molecule has 1 atom stereocenters. The second kappa shape index (κ2) is 4.46. The van der Waals surface area contributed by atoms with Gasteiger partial charge in [0.15, 0.2) is 0 Å². The Balaban J connectivity index is 2.33. The number of hydrogen-bond acceptors (Lipinski definition) is 1. The first kappa shape index (κ1) is 10.8. The Morgan fingerprint density at radius 3 is 2.80 bits per heavy atom. The van der Waals surface area contributed by atoms with Crippen molar-refractivity contribution >= 4 is 28.8 Å². The lowest BCUT2D eigenvalue weighted by atomic mass is 10.1. The molecule has 80 valence electrons. The van der Waals surface area contributed by atoms with Gasteiger partial charge in [0.25, 0.3) is 0 Å². The van der Waals surface area contributed by atoms with Crippen LogP contribution >= 0.6 is 23.2 Å². The standard InChI is InChI=1S/C12H12Cl2O/c1-15-12-7-9(3-5-11(12)14)8-2-4-10(13)6-8/h3,5-7,10H,2,4H2,1H3. The van der Waals surface area contributed by atoms with Crippen molar-refractivity contribution in [1.29, 1.82) is 0 Å². The van der Waals surface area contributed by atoms with Crippen molar-refractivity contribution in [3.63, 3.8) is 0 Å². The van der Waals surface area contributed by atoms with Gasteiger partial charge in [0.2, 0.25) is 0 Å². The molecule has 15 heavy (non-hydrogen) atoms. The lowest BCUT2D eigenvalue weighted by Gasteiger charge is -2.06. The van der Waals surface area contributed by atoms with Crippen molar-refractivity contribution in [3.8, 4) is 5.75 Å². The molecule has 0 aliphatic heterocycles. The Bertz CT molecular complexity index is 399. The van der Waals surface area contributed by atoms with Crippen LogP contribution in [0.25, 0.3) is 5.57 Å². The average molecular weight is 243 g/mol. The Labute approximate surface area is 99.6 Å². The largest absolute Gasteiger partial charge is 0.495 e. The molecule has 0 fully saturated rings. The number of allylic oxidation sites excluding steroid dienone is 2. The monoisotopic (exact) mass is 242 g/mol. The quantitative estimate of drug-likeness (QED) is 0.709. The van der Waals surface area contributed by atoms with Crippen molar-refractivity contribution in [2.45, 2.75) is 18.2 Å². The minimum Gasteiger partial charge on any atom is -0.495 e. The van der Waals surface area contributed by atoms with Crippen molar-refractivity contribution in [2.24, 2.45) is 0 Å². The third-order valence-electron chi connectivity index (χ3n) is 2.59. The zero-order chi connectivity index (χ0) is 10.8. The van der Waals surface area contributed by atoms with Crippen LogP contribution in [0.15, 0.2) is 24.3 Å². The zero-order valence-electron chi connectivity index (χ0n) is 8.47. The molecule has 3 heteroatoms. The van der Waals surface area contributed by atoms with E-state index < -0.39 is 0 Å². The van der Waals surface area contributed by atoms with E-state index in [0.717, 1.165) is 18.4 Å². The number of rotatable bonds is 2. The van der Waals surface area contributed by atoms with E-state index in [1.54, 1.807) is 7.11 Å². The fourth-order valence-electron chi connectivity index (χ4n) is 1.78. The van der Waals surface area contributed by atoms with Crippen molar-refractivity contribution in [3.05, 3.63) is 34.9 Å². The Kier molecular flexibility index (Phi) is 3.22. The summed E-state index contributed by atoms with van der Waals surface area (Å²) < 4.78 is 5.18. The van der Waals surface area contributed by atoms with E-state index in [1.807, 2.05) is 18.2 Å². The van der Waals surface area contributed by atoms with Gasteiger partial charge >= 0.3 is 0 Å². The third kappa shape index (κ3) is 2.30. The molecule has 1 aliphatic rings. The maximum Gasteiger partial charge on any atom is 0.138 e. The van der Waals surface area contributed by atoms with Crippen LogP contribution in [0, 0.1) is 0 Å². The minimum atomic E-state index is 0.168. The molecular formula is C12H12Cl2O. The summed E-state index contributed by atoms with van der Waals surface area (Å²) in [5, 5.41) is 0.809. The van der Waals surface area contributed by atoms with Crippen LogP contribution in [0.4, 0.5) is 0 Å². The summed E-state index contributed by atoms with van der Waals surface area (Å²) in [6.07, 6.45) is 4.14. The van der Waals surface area contributed by atoms with E-state index >= 15 is 0 Å². The first-order valence-electron chi connectivity index (χ1n) is 4.89. The van der Waals surface area contributed by atoms with Gasteiger partial charge in [-0.2, -0.15) is 0 Å².